The molecule has 0 saturated carbocycles. The first-order valence-electron chi connectivity index (χ1n) is 7.24. The summed E-state index contributed by atoms with van der Waals surface area (Å²) in [5, 5.41) is 0. The topological polar surface area (TPSA) is 9.23 Å². The molecule has 0 saturated heterocycles. The first-order valence-corrected chi connectivity index (χ1v) is 7.87. The summed E-state index contributed by atoms with van der Waals surface area (Å²) >= 11 is 4.20. The second kappa shape index (κ2) is 10.1. The highest BCUT2D eigenvalue weighted by Crippen LogP contribution is 2.16. The van der Waals surface area contributed by atoms with E-state index in [0.29, 0.717) is 5.56 Å². The molecule has 3 heteroatoms. The van der Waals surface area contributed by atoms with Crippen molar-refractivity contribution in [3.05, 3.63) is 29.6 Å². The highest BCUT2D eigenvalue weighted by Gasteiger charge is 1.99. The van der Waals surface area contributed by atoms with Gasteiger partial charge in [-0.25, -0.2) is 4.39 Å². The fourth-order valence-corrected chi connectivity index (χ4v) is 2.22. The van der Waals surface area contributed by atoms with E-state index in [2.05, 4.69) is 12.6 Å². The van der Waals surface area contributed by atoms with Gasteiger partial charge in [-0.05, 0) is 49.3 Å². The average molecular weight is 284 g/mol. The molecule has 1 aromatic carbocycles. The van der Waals surface area contributed by atoms with Crippen LogP contribution in [0.25, 0.3) is 0 Å². The minimum atomic E-state index is -0.173. The third-order valence-electron chi connectivity index (χ3n) is 3.20. The standard InChI is InChI=1S/C16H25FOS/c1-14-13-15(9-10-16(14)17)18-11-7-5-3-2-4-6-8-12-19/h9-10,13,19H,2-8,11-12H2,1H3. The molecular formula is C16H25FOS. The molecule has 108 valence electrons. The summed E-state index contributed by atoms with van der Waals surface area (Å²) in [4.78, 5) is 0. The Morgan fingerprint density at radius 1 is 1.00 bits per heavy atom. The van der Waals surface area contributed by atoms with E-state index >= 15 is 0 Å². The van der Waals surface area contributed by atoms with Crippen LogP contribution in [0.15, 0.2) is 18.2 Å². The van der Waals surface area contributed by atoms with E-state index in [9.17, 15) is 4.39 Å². The first-order chi connectivity index (χ1) is 9.24. The molecule has 0 aliphatic carbocycles. The van der Waals surface area contributed by atoms with Crippen molar-refractivity contribution >= 4 is 12.6 Å². The van der Waals surface area contributed by atoms with Gasteiger partial charge in [0.1, 0.15) is 11.6 Å². The van der Waals surface area contributed by atoms with Crippen LogP contribution < -0.4 is 4.74 Å². The zero-order chi connectivity index (χ0) is 13.9. The van der Waals surface area contributed by atoms with Crippen molar-refractivity contribution in [2.45, 2.75) is 51.9 Å². The largest absolute Gasteiger partial charge is 0.494 e. The van der Waals surface area contributed by atoms with Crippen LogP contribution >= 0.6 is 12.6 Å². The van der Waals surface area contributed by atoms with Crippen LogP contribution in [0.5, 0.6) is 5.75 Å². The molecule has 0 radical (unpaired) electrons. The van der Waals surface area contributed by atoms with Gasteiger partial charge in [0.2, 0.25) is 0 Å². The lowest BCUT2D eigenvalue weighted by molar-refractivity contribution is 0.303. The van der Waals surface area contributed by atoms with Crippen LogP contribution in [-0.2, 0) is 0 Å². The summed E-state index contributed by atoms with van der Waals surface area (Å²) in [7, 11) is 0. The molecule has 0 fully saturated rings. The molecular weight excluding hydrogens is 259 g/mol. The predicted molar refractivity (Wildman–Crippen MR) is 82.8 cm³/mol. The lowest BCUT2D eigenvalue weighted by Gasteiger charge is -2.07. The summed E-state index contributed by atoms with van der Waals surface area (Å²) in [5.41, 5.74) is 0.640. The van der Waals surface area contributed by atoms with E-state index in [-0.39, 0.29) is 5.82 Å². The highest BCUT2D eigenvalue weighted by atomic mass is 32.1. The number of halogens is 1. The van der Waals surface area contributed by atoms with E-state index in [1.165, 1.54) is 44.6 Å². The van der Waals surface area contributed by atoms with Gasteiger partial charge >= 0.3 is 0 Å². The molecule has 0 spiro atoms. The van der Waals surface area contributed by atoms with Gasteiger partial charge in [-0.15, -0.1) is 0 Å². The summed E-state index contributed by atoms with van der Waals surface area (Å²) in [6.07, 6.45) is 8.72. The van der Waals surface area contributed by atoms with Crippen molar-refractivity contribution in [2.75, 3.05) is 12.4 Å². The number of unbranched alkanes of at least 4 members (excludes halogenated alkanes) is 6. The first kappa shape index (κ1) is 16.4. The number of benzene rings is 1. The van der Waals surface area contributed by atoms with E-state index in [1.54, 1.807) is 19.1 Å². The van der Waals surface area contributed by atoms with E-state index in [0.717, 1.165) is 24.5 Å². The Hall–Kier alpha value is -0.700. The van der Waals surface area contributed by atoms with Crippen LogP contribution in [0.4, 0.5) is 4.39 Å². The SMILES string of the molecule is Cc1cc(OCCCCCCCCCS)ccc1F. The van der Waals surface area contributed by atoms with E-state index in [4.69, 9.17) is 4.74 Å². The average Bonchev–Trinajstić information content (AvgIpc) is 2.41. The Balaban J connectivity index is 2.00. The van der Waals surface area contributed by atoms with Crippen LogP contribution in [0, 0.1) is 12.7 Å². The van der Waals surface area contributed by atoms with Gasteiger partial charge in [-0.1, -0.05) is 32.1 Å². The lowest BCUT2D eigenvalue weighted by Crippen LogP contribution is -1.98. The third kappa shape index (κ3) is 7.46. The Morgan fingerprint density at radius 2 is 1.63 bits per heavy atom. The molecule has 0 N–H and O–H groups in total. The molecule has 0 heterocycles. The van der Waals surface area contributed by atoms with Gasteiger partial charge in [-0.2, -0.15) is 12.6 Å². The molecule has 19 heavy (non-hydrogen) atoms. The van der Waals surface area contributed by atoms with E-state index in [1.807, 2.05) is 0 Å². The normalized spacial score (nSPS) is 10.7. The zero-order valence-corrected chi connectivity index (χ0v) is 12.7. The minimum Gasteiger partial charge on any atom is -0.494 e. The van der Waals surface area contributed by atoms with Crippen molar-refractivity contribution in [2.24, 2.45) is 0 Å². The minimum absolute atomic E-state index is 0.173. The Labute approximate surface area is 122 Å². The molecule has 0 aliphatic rings. The second-order valence-corrected chi connectivity index (χ2v) is 5.41. The van der Waals surface area contributed by atoms with Crippen LogP contribution in [0.3, 0.4) is 0 Å². The lowest BCUT2D eigenvalue weighted by atomic mass is 10.1. The molecule has 0 amide bonds. The van der Waals surface area contributed by atoms with Gasteiger partial charge in [-0.3, -0.25) is 0 Å². The molecule has 0 aliphatic heterocycles. The van der Waals surface area contributed by atoms with Crippen molar-refractivity contribution in [3.63, 3.8) is 0 Å². The van der Waals surface area contributed by atoms with Crippen LogP contribution in [0.1, 0.15) is 50.5 Å². The summed E-state index contributed by atoms with van der Waals surface area (Å²) in [6.45, 7) is 2.48. The molecule has 0 aromatic heterocycles. The number of ether oxygens (including phenoxy) is 1. The molecule has 1 rings (SSSR count). The smallest absolute Gasteiger partial charge is 0.126 e. The zero-order valence-electron chi connectivity index (χ0n) is 11.8. The number of hydrogen-bond acceptors (Lipinski definition) is 2. The third-order valence-corrected chi connectivity index (χ3v) is 3.52. The number of thiol groups is 1. The molecule has 0 unspecified atom stereocenters. The van der Waals surface area contributed by atoms with Gasteiger partial charge < -0.3 is 4.74 Å². The van der Waals surface area contributed by atoms with Gasteiger partial charge in [0.15, 0.2) is 0 Å². The van der Waals surface area contributed by atoms with Crippen LogP contribution in [0.2, 0.25) is 0 Å². The maximum absolute atomic E-state index is 13.1. The summed E-state index contributed by atoms with van der Waals surface area (Å²) in [5.74, 6) is 1.60. The molecule has 1 nitrogen and oxygen atoms in total. The van der Waals surface area contributed by atoms with Gasteiger partial charge in [0.05, 0.1) is 6.61 Å². The van der Waals surface area contributed by atoms with Crippen LogP contribution in [-0.4, -0.2) is 12.4 Å². The Kier molecular flexibility index (Phi) is 8.72. The quantitative estimate of drug-likeness (QED) is 0.460. The maximum Gasteiger partial charge on any atom is 0.126 e. The van der Waals surface area contributed by atoms with Crippen molar-refractivity contribution < 1.29 is 9.13 Å². The Bertz CT molecular complexity index is 355. The monoisotopic (exact) mass is 284 g/mol. The number of rotatable bonds is 10. The van der Waals surface area contributed by atoms with Gasteiger partial charge in [0.25, 0.3) is 0 Å². The fraction of sp³-hybridized carbons (Fsp3) is 0.625. The van der Waals surface area contributed by atoms with Crippen molar-refractivity contribution in [3.8, 4) is 5.75 Å². The van der Waals surface area contributed by atoms with Gasteiger partial charge in [0, 0.05) is 0 Å². The summed E-state index contributed by atoms with van der Waals surface area (Å²) < 4.78 is 18.7. The molecule has 0 atom stereocenters. The second-order valence-electron chi connectivity index (χ2n) is 4.96. The van der Waals surface area contributed by atoms with E-state index < -0.39 is 0 Å². The fourth-order valence-electron chi connectivity index (χ4n) is 1.99. The number of aryl methyl sites for hydroxylation is 1. The highest BCUT2D eigenvalue weighted by molar-refractivity contribution is 7.80. The Morgan fingerprint density at radius 3 is 2.26 bits per heavy atom. The number of hydrogen-bond donors (Lipinski definition) is 1. The molecule has 1 aromatic rings. The molecule has 0 bridgehead atoms. The maximum atomic E-state index is 13.1. The van der Waals surface area contributed by atoms with Crippen molar-refractivity contribution in [1.29, 1.82) is 0 Å². The predicted octanol–water partition coefficient (Wildman–Crippen LogP) is 5.17. The summed E-state index contributed by atoms with van der Waals surface area (Å²) in [6, 6.07) is 4.92. The van der Waals surface area contributed by atoms with Crippen molar-refractivity contribution in [1.82, 2.24) is 0 Å².